The molecule has 0 amide bonds. The molecule has 0 fully saturated rings. The Kier molecular flexibility index (Phi) is 7.30. The summed E-state index contributed by atoms with van der Waals surface area (Å²) in [6.45, 7) is 0.0657. The van der Waals surface area contributed by atoms with Gasteiger partial charge in [0.25, 0.3) is 0 Å². The number of phosphoric ester groups is 1. The molecule has 8 heteroatoms. The van der Waals surface area contributed by atoms with Gasteiger partial charge in [0.15, 0.2) is 6.29 Å². The largest absolute Gasteiger partial charge is 0.469 e. The topological polar surface area (TPSA) is 94.5 Å². The van der Waals surface area contributed by atoms with Crippen LogP contribution in [0.4, 0.5) is 0 Å². The molecule has 0 saturated heterocycles. The number of phosphoric acid groups is 1. The van der Waals surface area contributed by atoms with Crippen LogP contribution in [0.3, 0.4) is 0 Å². The minimum Gasteiger partial charge on any atom is -0.374 e. The van der Waals surface area contributed by atoms with Crippen LogP contribution in [0.15, 0.2) is 0 Å². The Morgan fingerprint density at radius 2 is 1.79 bits per heavy atom. The summed E-state index contributed by atoms with van der Waals surface area (Å²) in [4.78, 5) is 16.6. The zero-order chi connectivity index (χ0) is 11.0. The lowest BCUT2D eigenvalue weighted by molar-refractivity contribution is -0.141. The van der Waals surface area contributed by atoms with Crippen LogP contribution in [0.25, 0.3) is 0 Å². The molecule has 0 bridgehead atoms. The Morgan fingerprint density at radius 1 is 1.21 bits per heavy atom. The Bertz CT molecular complexity index is 175. The van der Waals surface area contributed by atoms with Crippen molar-refractivity contribution in [3.05, 3.63) is 0 Å². The van der Waals surface area contributed by atoms with E-state index in [0.717, 1.165) is 0 Å². The summed E-state index contributed by atoms with van der Waals surface area (Å²) < 4.78 is 28.9. The van der Waals surface area contributed by atoms with Gasteiger partial charge in [-0.05, 0) is 0 Å². The predicted octanol–water partition coefficient (Wildman–Crippen LogP) is -0.269. The lowest BCUT2D eigenvalue weighted by atomic mass is 10.6. The molecule has 7 nitrogen and oxygen atoms in total. The van der Waals surface area contributed by atoms with E-state index in [1.807, 2.05) is 0 Å². The smallest absolute Gasteiger partial charge is 0.374 e. The van der Waals surface area contributed by atoms with Crippen molar-refractivity contribution in [3.8, 4) is 0 Å². The molecule has 14 heavy (non-hydrogen) atoms. The fraction of sp³-hybridized carbons (Fsp3) is 1.00. The third-order valence-electron chi connectivity index (χ3n) is 1.27. The summed E-state index contributed by atoms with van der Waals surface area (Å²) in [6.07, 6.45) is -0.481. The molecule has 0 aromatic rings. The zero-order valence-corrected chi connectivity index (χ0v) is 8.98. The fourth-order valence-electron chi connectivity index (χ4n) is 0.627. The molecule has 0 aromatic carbocycles. The van der Waals surface area contributed by atoms with Gasteiger partial charge in [0.05, 0.1) is 19.8 Å². The van der Waals surface area contributed by atoms with E-state index in [-0.39, 0.29) is 19.8 Å². The van der Waals surface area contributed by atoms with Gasteiger partial charge in [0.1, 0.15) is 0 Å². The van der Waals surface area contributed by atoms with E-state index in [1.54, 1.807) is 0 Å². The first-order chi connectivity index (χ1) is 6.49. The molecular formula is C6H15O7P. The second-order valence-corrected chi connectivity index (χ2v) is 3.54. The van der Waals surface area contributed by atoms with E-state index in [1.165, 1.54) is 14.2 Å². The van der Waals surface area contributed by atoms with Gasteiger partial charge in [0, 0.05) is 14.2 Å². The highest BCUT2D eigenvalue weighted by molar-refractivity contribution is 7.46. The van der Waals surface area contributed by atoms with Gasteiger partial charge in [-0.25, -0.2) is 4.57 Å². The summed E-state index contributed by atoms with van der Waals surface area (Å²) in [5, 5.41) is 0. The SMILES string of the molecule is COC(COCCOP(=O)(O)O)OC. The van der Waals surface area contributed by atoms with Crippen molar-refractivity contribution in [1.82, 2.24) is 0 Å². The van der Waals surface area contributed by atoms with E-state index in [4.69, 9.17) is 24.0 Å². The number of methoxy groups -OCH3 is 2. The minimum absolute atomic E-state index is 0.0638. The van der Waals surface area contributed by atoms with Gasteiger partial charge >= 0.3 is 7.82 Å². The average Bonchev–Trinajstić information content (AvgIpc) is 2.09. The van der Waals surface area contributed by atoms with Crippen molar-refractivity contribution in [2.45, 2.75) is 6.29 Å². The number of hydrogen-bond acceptors (Lipinski definition) is 5. The molecule has 0 radical (unpaired) electrons. The maximum Gasteiger partial charge on any atom is 0.469 e. The Morgan fingerprint density at radius 3 is 2.21 bits per heavy atom. The van der Waals surface area contributed by atoms with Crippen molar-refractivity contribution >= 4 is 7.82 Å². The first-order valence-electron chi connectivity index (χ1n) is 3.83. The highest BCUT2D eigenvalue weighted by atomic mass is 31.2. The third kappa shape index (κ3) is 8.58. The molecule has 86 valence electrons. The molecule has 0 heterocycles. The second kappa shape index (κ2) is 7.30. The number of rotatable bonds is 8. The van der Waals surface area contributed by atoms with Gasteiger partial charge in [0.2, 0.25) is 0 Å². The van der Waals surface area contributed by atoms with Gasteiger partial charge in [-0.1, -0.05) is 0 Å². The summed E-state index contributed by atoms with van der Waals surface area (Å²) in [5.74, 6) is 0. The van der Waals surface area contributed by atoms with E-state index in [2.05, 4.69) is 4.52 Å². The lowest BCUT2D eigenvalue weighted by Crippen LogP contribution is -2.21. The lowest BCUT2D eigenvalue weighted by Gasteiger charge is -2.13. The molecule has 0 rings (SSSR count). The third-order valence-corrected chi connectivity index (χ3v) is 1.79. The molecule has 0 unspecified atom stereocenters. The van der Waals surface area contributed by atoms with Gasteiger partial charge in [-0.15, -0.1) is 0 Å². The molecule has 0 aromatic heterocycles. The van der Waals surface area contributed by atoms with Gasteiger partial charge in [-0.2, -0.15) is 0 Å². The van der Waals surface area contributed by atoms with E-state index in [0.29, 0.717) is 0 Å². The molecule has 0 saturated carbocycles. The van der Waals surface area contributed by atoms with Crippen molar-refractivity contribution in [2.75, 3.05) is 34.0 Å². The van der Waals surface area contributed by atoms with Crippen LogP contribution in [-0.4, -0.2) is 50.1 Å². The van der Waals surface area contributed by atoms with E-state index >= 15 is 0 Å². The maximum atomic E-state index is 10.2. The summed E-state index contributed by atoms with van der Waals surface area (Å²) in [5.41, 5.74) is 0. The molecule has 0 atom stereocenters. The number of hydrogen-bond donors (Lipinski definition) is 2. The second-order valence-electron chi connectivity index (χ2n) is 2.30. The minimum atomic E-state index is -4.39. The molecule has 0 spiro atoms. The first kappa shape index (κ1) is 14.0. The normalized spacial score (nSPS) is 12.4. The standard InChI is InChI=1S/C6H15O7P/c1-10-6(11-2)5-12-3-4-13-14(7,8)9/h6H,3-5H2,1-2H3,(H2,7,8,9). The van der Waals surface area contributed by atoms with Crippen molar-refractivity contribution in [3.63, 3.8) is 0 Å². The zero-order valence-electron chi connectivity index (χ0n) is 8.08. The van der Waals surface area contributed by atoms with Crippen LogP contribution in [-0.2, 0) is 23.3 Å². The first-order valence-corrected chi connectivity index (χ1v) is 5.36. The van der Waals surface area contributed by atoms with Gasteiger partial charge < -0.3 is 24.0 Å². The average molecular weight is 230 g/mol. The van der Waals surface area contributed by atoms with E-state index in [9.17, 15) is 4.57 Å². The fourth-order valence-corrected chi connectivity index (χ4v) is 0.939. The Balaban J connectivity index is 3.33. The van der Waals surface area contributed by atoms with Crippen LogP contribution in [0.2, 0.25) is 0 Å². The Hall–Kier alpha value is -0.0100. The molecule has 0 aliphatic rings. The Labute approximate surface area is 82.2 Å². The van der Waals surface area contributed by atoms with Crippen LogP contribution in [0.5, 0.6) is 0 Å². The highest BCUT2D eigenvalue weighted by Crippen LogP contribution is 2.35. The van der Waals surface area contributed by atoms with Crippen LogP contribution >= 0.6 is 7.82 Å². The quantitative estimate of drug-likeness (QED) is 0.336. The summed E-state index contributed by atoms with van der Waals surface area (Å²) in [7, 11) is -1.46. The molecule has 0 aliphatic carbocycles. The van der Waals surface area contributed by atoms with Crippen LogP contribution < -0.4 is 0 Å². The van der Waals surface area contributed by atoms with Crippen molar-refractivity contribution in [2.24, 2.45) is 0 Å². The maximum absolute atomic E-state index is 10.2. The van der Waals surface area contributed by atoms with Crippen molar-refractivity contribution in [1.29, 1.82) is 0 Å². The van der Waals surface area contributed by atoms with Crippen LogP contribution in [0.1, 0.15) is 0 Å². The molecular weight excluding hydrogens is 215 g/mol. The van der Waals surface area contributed by atoms with Crippen LogP contribution in [0, 0.1) is 0 Å². The number of ether oxygens (including phenoxy) is 3. The highest BCUT2D eigenvalue weighted by Gasteiger charge is 2.13. The van der Waals surface area contributed by atoms with Crippen molar-refractivity contribution < 1.29 is 33.1 Å². The predicted molar refractivity (Wildman–Crippen MR) is 46.6 cm³/mol. The summed E-state index contributed by atoms with van der Waals surface area (Å²) >= 11 is 0. The summed E-state index contributed by atoms with van der Waals surface area (Å²) in [6, 6.07) is 0. The van der Waals surface area contributed by atoms with Gasteiger partial charge in [-0.3, -0.25) is 4.52 Å². The molecule has 0 aliphatic heterocycles. The van der Waals surface area contributed by atoms with E-state index < -0.39 is 14.1 Å². The monoisotopic (exact) mass is 230 g/mol. The molecule has 2 N–H and O–H groups in total.